The van der Waals surface area contributed by atoms with Gasteiger partial charge in [-0.25, -0.2) is 0 Å². The molecule has 6 heavy (non-hydrogen) atoms. The Bertz CT molecular complexity index is 80.0. The van der Waals surface area contributed by atoms with E-state index in [1.54, 1.807) is 0 Å². The Balaban J connectivity index is 3.02. The number of nitrogens with zero attached hydrogens (tertiary/aromatic N) is 1. The van der Waals surface area contributed by atoms with E-state index >= 15 is 0 Å². The highest BCUT2D eigenvalue weighted by molar-refractivity contribution is 5.76. The van der Waals surface area contributed by atoms with Crippen molar-refractivity contribution in [1.82, 2.24) is 0 Å². The summed E-state index contributed by atoms with van der Waals surface area (Å²) < 4.78 is 0. The van der Waals surface area contributed by atoms with Crippen molar-refractivity contribution in [3.63, 3.8) is 0 Å². The average molecular weight is 83.1 g/mol. The van der Waals surface area contributed by atoms with E-state index in [-0.39, 0.29) is 0 Å². The third kappa shape index (κ3) is 3.03. The molecule has 0 aliphatic rings. The SMILES string of the molecule is C#CC=NOC. The molecule has 0 amide bonds. The van der Waals surface area contributed by atoms with Gasteiger partial charge in [0, 0.05) is 0 Å². The molecule has 2 heteroatoms. The van der Waals surface area contributed by atoms with Crippen LogP contribution in [0.5, 0.6) is 0 Å². The lowest BCUT2D eigenvalue weighted by atomic mass is 10.8. The lowest BCUT2D eigenvalue weighted by Crippen LogP contribution is -1.65. The van der Waals surface area contributed by atoms with Crippen LogP contribution in [-0.4, -0.2) is 13.3 Å². The molecule has 0 bridgehead atoms. The zero-order valence-electron chi connectivity index (χ0n) is 3.51. The summed E-state index contributed by atoms with van der Waals surface area (Å²) in [7, 11) is 1.44. The van der Waals surface area contributed by atoms with Crippen molar-refractivity contribution in [1.29, 1.82) is 0 Å². The number of terminal acetylenes is 1. The van der Waals surface area contributed by atoms with Crippen LogP contribution in [0.1, 0.15) is 0 Å². The summed E-state index contributed by atoms with van der Waals surface area (Å²) in [5.74, 6) is 2.15. The highest BCUT2D eigenvalue weighted by atomic mass is 16.6. The summed E-state index contributed by atoms with van der Waals surface area (Å²) in [5.41, 5.74) is 0. The van der Waals surface area contributed by atoms with Crippen molar-refractivity contribution < 1.29 is 4.84 Å². The predicted octanol–water partition coefficient (Wildman–Crippen LogP) is 0.252. The van der Waals surface area contributed by atoms with Crippen LogP contribution in [0, 0.1) is 12.3 Å². The highest BCUT2D eigenvalue weighted by Gasteiger charge is 1.51. The normalized spacial score (nSPS) is 8.00. The summed E-state index contributed by atoms with van der Waals surface area (Å²) in [6.07, 6.45) is 5.97. The molecule has 0 atom stereocenters. The van der Waals surface area contributed by atoms with Crippen LogP contribution in [0.15, 0.2) is 5.16 Å². The fourth-order valence-corrected chi connectivity index (χ4v) is 0.0831. The molecular formula is C4H5NO. The minimum atomic E-state index is 1.24. The molecule has 0 saturated heterocycles. The zero-order chi connectivity index (χ0) is 4.83. The van der Waals surface area contributed by atoms with Crippen LogP contribution in [0.25, 0.3) is 0 Å². The molecule has 0 spiro atoms. The van der Waals surface area contributed by atoms with Gasteiger partial charge < -0.3 is 4.84 Å². The molecule has 0 aromatic heterocycles. The van der Waals surface area contributed by atoms with Crippen molar-refractivity contribution >= 4 is 6.21 Å². The van der Waals surface area contributed by atoms with Gasteiger partial charge in [-0.3, -0.25) is 0 Å². The molecule has 0 aliphatic carbocycles. The van der Waals surface area contributed by atoms with E-state index in [0.717, 1.165) is 0 Å². The standard InChI is InChI=1S/C4H5NO/c1-3-4-5-6-2/h1,4H,2H3. The third-order valence-corrected chi connectivity index (χ3v) is 0.233. The van der Waals surface area contributed by atoms with Crippen molar-refractivity contribution in [2.24, 2.45) is 5.16 Å². The maximum Gasteiger partial charge on any atom is 0.116 e. The largest absolute Gasteiger partial charge is 0.399 e. The molecule has 2 nitrogen and oxygen atoms in total. The molecule has 0 fully saturated rings. The quantitative estimate of drug-likeness (QED) is 0.253. The first-order valence-corrected chi connectivity index (χ1v) is 1.43. The Morgan fingerprint density at radius 2 is 2.67 bits per heavy atom. The van der Waals surface area contributed by atoms with Crippen molar-refractivity contribution in [3.8, 4) is 12.3 Å². The minimum Gasteiger partial charge on any atom is -0.399 e. The van der Waals surface area contributed by atoms with Crippen LogP contribution in [0.2, 0.25) is 0 Å². The van der Waals surface area contributed by atoms with Gasteiger partial charge in [-0.2, -0.15) is 0 Å². The first-order chi connectivity index (χ1) is 2.91. The molecule has 0 rings (SSSR count). The average Bonchev–Trinajstić information content (AvgIpc) is 1.61. The van der Waals surface area contributed by atoms with Gasteiger partial charge in [0.1, 0.15) is 13.3 Å². The lowest BCUT2D eigenvalue weighted by Gasteiger charge is -1.75. The van der Waals surface area contributed by atoms with E-state index in [2.05, 4.69) is 15.9 Å². The third-order valence-electron chi connectivity index (χ3n) is 0.233. The maximum atomic E-state index is 4.74. The Hall–Kier alpha value is -0.970. The van der Waals surface area contributed by atoms with Crippen molar-refractivity contribution in [3.05, 3.63) is 0 Å². The van der Waals surface area contributed by atoms with Gasteiger partial charge >= 0.3 is 0 Å². The first-order valence-electron chi connectivity index (χ1n) is 1.43. The summed E-state index contributed by atoms with van der Waals surface area (Å²) in [4.78, 5) is 4.21. The molecular weight excluding hydrogens is 78.0 g/mol. The van der Waals surface area contributed by atoms with E-state index in [1.165, 1.54) is 13.3 Å². The van der Waals surface area contributed by atoms with Crippen LogP contribution < -0.4 is 0 Å². The smallest absolute Gasteiger partial charge is 0.116 e. The number of oxime groups is 1. The number of rotatable bonds is 1. The van der Waals surface area contributed by atoms with Crippen molar-refractivity contribution in [2.75, 3.05) is 7.11 Å². The Kier molecular flexibility index (Phi) is 3.38. The van der Waals surface area contributed by atoms with Gasteiger partial charge in [0.15, 0.2) is 0 Å². The van der Waals surface area contributed by atoms with Crippen LogP contribution in [-0.2, 0) is 4.84 Å². The Morgan fingerprint density at radius 3 is 2.83 bits per heavy atom. The van der Waals surface area contributed by atoms with E-state index in [1.807, 2.05) is 0 Å². The second-order valence-corrected chi connectivity index (χ2v) is 0.584. The van der Waals surface area contributed by atoms with E-state index in [0.29, 0.717) is 0 Å². The monoisotopic (exact) mass is 83.0 g/mol. The van der Waals surface area contributed by atoms with Gasteiger partial charge in [0.2, 0.25) is 0 Å². The zero-order valence-corrected chi connectivity index (χ0v) is 3.51. The van der Waals surface area contributed by atoms with Gasteiger partial charge in [-0.15, -0.1) is 6.42 Å². The molecule has 0 aliphatic heterocycles. The fourth-order valence-electron chi connectivity index (χ4n) is 0.0831. The summed E-state index contributed by atoms with van der Waals surface area (Å²) in [6.45, 7) is 0. The predicted molar refractivity (Wildman–Crippen MR) is 24.3 cm³/mol. The summed E-state index contributed by atoms with van der Waals surface area (Å²) in [5, 5.41) is 3.23. The fraction of sp³-hybridized carbons (Fsp3) is 0.250. The van der Waals surface area contributed by atoms with Crippen LogP contribution in [0.4, 0.5) is 0 Å². The molecule has 0 heterocycles. The summed E-state index contributed by atoms with van der Waals surface area (Å²) in [6, 6.07) is 0. The van der Waals surface area contributed by atoms with Crippen LogP contribution in [0.3, 0.4) is 0 Å². The second-order valence-electron chi connectivity index (χ2n) is 0.584. The second kappa shape index (κ2) is 4.03. The molecule has 0 unspecified atom stereocenters. The maximum absolute atomic E-state index is 4.74. The number of hydrogen-bond donors (Lipinski definition) is 0. The topological polar surface area (TPSA) is 21.6 Å². The lowest BCUT2D eigenvalue weighted by molar-refractivity contribution is 0.216. The molecule has 0 radical (unpaired) electrons. The Labute approximate surface area is 36.8 Å². The van der Waals surface area contributed by atoms with Crippen molar-refractivity contribution in [2.45, 2.75) is 0 Å². The molecule has 0 saturated carbocycles. The van der Waals surface area contributed by atoms with Gasteiger partial charge in [0.25, 0.3) is 0 Å². The van der Waals surface area contributed by atoms with E-state index in [4.69, 9.17) is 6.42 Å². The van der Waals surface area contributed by atoms with Crippen LogP contribution >= 0.6 is 0 Å². The van der Waals surface area contributed by atoms with Gasteiger partial charge in [-0.05, 0) is 0 Å². The van der Waals surface area contributed by atoms with E-state index < -0.39 is 0 Å². The molecule has 0 aromatic carbocycles. The van der Waals surface area contributed by atoms with Gasteiger partial charge in [0.05, 0.1) is 0 Å². The van der Waals surface area contributed by atoms with Gasteiger partial charge in [-0.1, -0.05) is 11.1 Å². The first kappa shape index (κ1) is 5.03. The minimum absolute atomic E-state index is 1.24. The Morgan fingerprint density at radius 1 is 2.00 bits per heavy atom. The van der Waals surface area contributed by atoms with E-state index in [9.17, 15) is 0 Å². The number of hydrogen-bond acceptors (Lipinski definition) is 2. The highest BCUT2D eigenvalue weighted by Crippen LogP contribution is 1.57. The molecule has 32 valence electrons. The molecule has 0 N–H and O–H groups in total. The summed E-state index contributed by atoms with van der Waals surface area (Å²) >= 11 is 0. The molecule has 0 aromatic rings.